The van der Waals surface area contributed by atoms with Crippen LogP contribution in [0.5, 0.6) is 5.75 Å². The molecule has 1 atom stereocenters. The lowest BCUT2D eigenvalue weighted by atomic mass is 10.2. The number of hydrogen-bond donors (Lipinski definition) is 2. The van der Waals surface area contributed by atoms with E-state index in [0.717, 1.165) is 0 Å². The van der Waals surface area contributed by atoms with Gasteiger partial charge in [-0.25, -0.2) is 0 Å². The van der Waals surface area contributed by atoms with Crippen molar-refractivity contribution in [1.82, 2.24) is 0 Å². The number of para-hydroxylation sites is 1. The molecule has 1 aromatic carbocycles. The molecule has 0 spiro atoms. The van der Waals surface area contributed by atoms with Crippen LogP contribution in [0.25, 0.3) is 0 Å². The van der Waals surface area contributed by atoms with Crippen molar-refractivity contribution in [3.05, 3.63) is 29.8 Å². The van der Waals surface area contributed by atoms with Gasteiger partial charge >= 0.3 is 0 Å². The summed E-state index contributed by atoms with van der Waals surface area (Å²) >= 11 is 0. The minimum absolute atomic E-state index is 0.0116. The molecule has 0 fully saturated rings. The van der Waals surface area contributed by atoms with Gasteiger partial charge < -0.3 is 9.84 Å². The van der Waals surface area contributed by atoms with Gasteiger partial charge in [0.2, 0.25) is 5.44 Å². The van der Waals surface area contributed by atoms with Crippen LogP contribution in [-0.2, 0) is 10.1 Å². The molecule has 0 amide bonds. The summed E-state index contributed by atoms with van der Waals surface area (Å²) in [6.07, 6.45) is 0. The van der Waals surface area contributed by atoms with Crippen LogP contribution >= 0.6 is 0 Å². The van der Waals surface area contributed by atoms with Crippen molar-refractivity contribution in [1.29, 1.82) is 0 Å². The zero-order valence-corrected chi connectivity index (χ0v) is 8.23. The van der Waals surface area contributed by atoms with Gasteiger partial charge in [0.05, 0.1) is 7.11 Å². The fourth-order valence-corrected chi connectivity index (χ4v) is 1.55. The molecule has 0 aliphatic rings. The molecular weight excluding hydrogens is 208 g/mol. The van der Waals surface area contributed by atoms with Crippen molar-refractivity contribution >= 4 is 10.1 Å². The smallest absolute Gasteiger partial charge is 0.296 e. The Morgan fingerprint density at radius 2 is 1.93 bits per heavy atom. The van der Waals surface area contributed by atoms with Crippen molar-refractivity contribution in [2.75, 3.05) is 7.11 Å². The average Bonchev–Trinajstić information content (AvgIpc) is 2.15. The van der Waals surface area contributed by atoms with Crippen molar-refractivity contribution in [2.45, 2.75) is 5.44 Å². The zero-order chi connectivity index (χ0) is 10.8. The molecule has 2 N–H and O–H groups in total. The summed E-state index contributed by atoms with van der Waals surface area (Å²) in [6, 6.07) is 6.01. The second-order valence-electron chi connectivity index (χ2n) is 2.61. The second-order valence-corrected chi connectivity index (χ2v) is 4.09. The standard InChI is InChI=1S/C8H10O5S/c1-13-7-5-3-2-4-6(7)8(9)14(10,11)12/h2-5,8-9H,1H3,(H,10,11,12)/t8-/m0/s1. The van der Waals surface area contributed by atoms with Gasteiger partial charge in [0.1, 0.15) is 5.75 Å². The Morgan fingerprint density at radius 1 is 1.36 bits per heavy atom. The van der Waals surface area contributed by atoms with E-state index in [4.69, 9.17) is 9.29 Å². The lowest BCUT2D eigenvalue weighted by molar-refractivity contribution is 0.233. The summed E-state index contributed by atoms with van der Waals surface area (Å²) in [7, 11) is -3.17. The highest BCUT2D eigenvalue weighted by molar-refractivity contribution is 7.85. The summed E-state index contributed by atoms with van der Waals surface area (Å²) in [6.45, 7) is 0. The third kappa shape index (κ3) is 2.22. The number of rotatable bonds is 3. The predicted octanol–water partition coefficient (Wildman–Crippen LogP) is 0.574. The van der Waals surface area contributed by atoms with Crippen LogP contribution in [0, 0.1) is 0 Å². The van der Waals surface area contributed by atoms with E-state index in [2.05, 4.69) is 0 Å². The third-order valence-corrected chi connectivity index (χ3v) is 2.51. The lowest BCUT2D eigenvalue weighted by Gasteiger charge is -2.11. The van der Waals surface area contributed by atoms with Crippen LogP contribution in [-0.4, -0.2) is 25.2 Å². The molecule has 1 aromatic rings. The van der Waals surface area contributed by atoms with E-state index in [1.54, 1.807) is 6.07 Å². The fraction of sp³-hybridized carbons (Fsp3) is 0.250. The number of benzene rings is 1. The number of methoxy groups -OCH3 is 1. The van der Waals surface area contributed by atoms with E-state index in [1.165, 1.54) is 25.3 Å². The largest absolute Gasteiger partial charge is 0.496 e. The van der Waals surface area contributed by atoms with E-state index < -0.39 is 15.6 Å². The number of ether oxygens (including phenoxy) is 1. The molecule has 0 radical (unpaired) electrons. The molecule has 78 valence electrons. The number of aliphatic hydroxyl groups is 1. The Kier molecular flexibility index (Phi) is 3.10. The summed E-state index contributed by atoms with van der Waals surface area (Å²) in [4.78, 5) is 0. The average molecular weight is 218 g/mol. The maximum absolute atomic E-state index is 10.6. The molecule has 0 heterocycles. The maximum Gasteiger partial charge on any atom is 0.296 e. The molecule has 0 aromatic heterocycles. The Bertz CT molecular complexity index is 411. The van der Waals surface area contributed by atoms with Gasteiger partial charge in [-0.05, 0) is 6.07 Å². The second kappa shape index (κ2) is 3.95. The third-order valence-electron chi connectivity index (χ3n) is 1.69. The Labute approximate surface area is 81.7 Å². The summed E-state index contributed by atoms with van der Waals surface area (Å²) < 4.78 is 34.8. The molecule has 0 bridgehead atoms. The fourth-order valence-electron chi connectivity index (χ4n) is 1.03. The molecule has 1 rings (SSSR count). The van der Waals surface area contributed by atoms with Crippen LogP contribution in [0.3, 0.4) is 0 Å². The van der Waals surface area contributed by atoms with Gasteiger partial charge in [0, 0.05) is 5.56 Å². The van der Waals surface area contributed by atoms with E-state index in [0.29, 0.717) is 0 Å². The Morgan fingerprint density at radius 3 is 2.43 bits per heavy atom. The van der Waals surface area contributed by atoms with E-state index in [-0.39, 0.29) is 11.3 Å². The van der Waals surface area contributed by atoms with Crippen molar-refractivity contribution in [3.63, 3.8) is 0 Å². The molecule has 14 heavy (non-hydrogen) atoms. The number of aliphatic hydroxyl groups excluding tert-OH is 1. The van der Waals surface area contributed by atoms with Gasteiger partial charge in [-0.2, -0.15) is 8.42 Å². The number of hydrogen-bond acceptors (Lipinski definition) is 4. The SMILES string of the molecule is COc1ccccc1[C@@H](O)S(=O)(=O)O. The first-order valence-corrected chi connectivity index (χ1v) is 5.24. The van der Waals surface area contributed by atoms with Crippen LogP contribution in [0.1, 0.15) is 11.0 Å². The highest BCUT2D eigenvalue weighted by Gasteiger charge is 2.24. The quantitative estimate of drug-likeness (QED) is 0.725. The maximum atomic E-state index is 10.6. The normalized spacial score (nSPS) is 13.6. The van der Waals surface area contributed by atoms with Crippen LogP contribution < -0.4 is 4.74 Å². The van der Waals surface area contributed by atoms with Crippen LogP contribution in [0.15, 0.2) is 24.3 Å². The van der Waals surface area contributed by atoms with Gasteiger partial charge in [0.25, 0.3) is 10.1 Å². The molecular formula is C8H10O5S. The molecule has 0 aliphatic carbocycles. The monoisotopic (exact) mass is 218 g/mol. The molecule has 0 saturated heterocycles. The molecule has 0 unspecified atom stereocenters. The van der Waals surface area contributed by atoms with E-state index in [9.17, 15) is 13.5 Å². The van der Waals surface area contributed by atoms with E-state index in [1.807, 2.05) is 0 Å². The minimum Gasteiger partial charge on any atom is -0.496 e. The summed E-state index contributed by atoms with van der Waals surface area (Å²) in [5.74, 6) is 0.206. The first kappa shape index (κ1) is 11.0. The first-order chi connectivity index (χ1) is 6.46. The first-order valence-electron chi connectivity index (χ1n) is 3.74. The van der Waals surface area contributed by atoms with Gasteiger partial charge in [-0.3, -0.25) is 4.55 Å². The minimum atomic E-state index is -4.51. The van der Waals surface area contributed by atoms with Gasteiger partial charge in [-0.15, -0.1) is 0 Å². The topological polar surface area (TPSA) is 83.8 Å². The Balaban J connectivity index is 3.19. The molecule has 0 saturated carbocycles. The summed E-state index contributed by atoms with van der Waals surface area (Å²) in [5, 5.41) is 9.25. The van der Waals surface area contributed by atoms with Crippen molar-refractivity contribution in [3.8, 4) is 5.75 Å². The van der Waals surface area contributed by atoms with Crippen molar-refractivity contribution in [2.24, 2.45) is 0 Å². The molecule has 6 heteroatoms. The van der Waals surface area contributed by atoms with Crippen LogP contribution in [0.4, 0.5) is 0 Å². The van der Waals surface area contributed by atoms with Crippen LogP contribution in [0.2, 0.25) is 0 Å². The van der Waals surface area contributed by atoms with Gasteiger partial charge in [0.15, 0.2) is 0 Å². The van der Waals surface area contributed by atoms with Crippen molar-refractivity contribution < 1.29 is 22.8 Å². The summed E-state index contributed by atoms with van der Waals surface area (Å²) in [5.41, 5.74) is -1.96. The highest BCUT2D eigenvalue weighted by atomic mass is 32.2. The zero-order valence-electron chi connectivity index (χ0n) is 7.41. The highest BCUT2D eigenvalue weighted by Crippen LogP contribution is 2.27. The lowest BCUT2D eigenvalue weighted by Crippen LogP contribution is -2.12. The van der Waals surface area contributed by atoms with Gasteiger partial charge in [-0.1, -0.05) is 18.2 Å². The molecule has 0 aliphatic heterocycles. The Hall–Kier alpha value is -1.11. The van der Waals surface area contributed by atoms with E-state index >= 15 is 0 Å². The predicted molar refractivity (Wildman–Crippen MR) is 49.5 cm³/mol. The molecule has 5 nitrogen and oxygen atoms in total.